The fourth-order valence-electron chi connectivity index (χ4n) is 2.16. The van der Waals surface area contributed by atoms with E-state index in [4.69, 9.17) is 5.11 Å². The zero-order chi connectivity index (χ0) is 13.7. The van der Waals surface area contributed by atoms with Crippen molar-refractivity contribution < 1.29 is 9.90 Å². The highest BCUT2D eigenvalue weighted by atomic mass is 32.2. The number of carboxylic acid groups (broad SMARTS) is 1. The van der Waals surface area contributed by atoms with E-state index < -0.39 is 5.97 Å². The molecule has 1 fully saturated rings. The molecule has 0 aliphatic carbocycles. The summed E-state index contributed by atoms with van der Waals surface area (Å²) in [6, 6.07) is 2.00. The zero-order valence-corrected chi connectivity index (χ0v) is 12.7. The first kappa shape index (κ1) is 14.6. The Bertz CT molecular complexity index is 456. The largest absolute Gasteiger partial charge is 0.478 e. The Morgan fingerprint density at radius 1 is 1.63 bits per heavy atom. The molecule has 2 rings (SSSR count). The van der Waals surface area contributed by atoms with Gasteiger partial charge >= 0.3 is 5.97 Å². The fourth-order valence-corrected chi connectivity index (χ4v) is 4.32. The molecule has 0 bridgehead atoms. The van der Waals surface area contributed by atoms with Gasteiger partial charge in [0.05, 0.1) is 0 Å². The molecule has 1 atom stereocenters. The number of hydrogen-bond donors (Lipinski definition) is 1. The van der Waals surface area contributed by atoms with Crippen LogP contribution in [0.5, 0.6) is 0 Å². The molecule has 0 saturated carbocycles. The smallest absolute Gasteiger partial charge is 0.328 e. The molecule has 0 aromatic carbocycles. The predicted octanol–water partition coefficient (Wildman–Crippen LogP) is 3.17. The third-order valence-corrected chi connectivity index (χ3v) is 5.52. The number of hydrogen-bond acceptors (Lipinski definition) is 4. The summed E-state index contributed by atoms with van der Waals surface area (Å²) in [7, 11) is 0. The van der Waals surface area contributed by atoms with E-state index in [0.29, 0.717) is 0 Å². The number of aliphatic carboxylic acids is 1. The first-order valence-corrected chi connectivity index (χ1v) is 8.43. The summed E-state index contributed by atoms with van der Waals surface area (Å²) in [5.74, 6) is 0.307. The van der Waals surface area contributed by atoms with E-state index >= 15 is 0 Å². The summed E-state index contributed by atoms with van der Waals surface area (Å²) >= 11 is 3.78. The summed E-state index contributed by atoms with van der Waals surface area (Å²) < 4.78 is 0. The van der Waals surface area contributed by atoms with Crippen LogP contribution in [-0.4, -0.2) is 40.1 Å². The van der Waals surface area contributed by atoms with Crippen LogP contribution < -0.4 is 0 Å². The van der Waals surface area contributed by atoms with Crippen LogP contribution in [0.3, 0.4) is 0 Å². The maximum absolute atomic E-state index is 10.6. The molecule has 1 aromatic heterocycles. The summed E-state index contributed by atoms with van der Waals surface area (Å²) in [5, 5.41) is 11.5. The van der Waals surface area contributed by atoms with Gasteiger partial charge in [-0.25, -0.2) is 4.79 Å². The summed E-state index contributed by atoms with van der Waals surface area (Å²) in [6.45, 7) is 5.45. The molecule has 1 aliphatic rings. The zero-order valence-electron chi connectivity index (χ0n) is 11.0. The SMILES string of the molecule is CCC1CN(Cc2sccc2/C=C/C(=O)O)CCS1. The van der Waals surface area contributed by atoms with Crippen molar-refractivity contribution in [1.29, 1.82) is 0 Å². The number of carbonyl (C=O) groups is 1. The molecule has 1 aromatic rings. The second-order valence-corrected chi connectivity index (χ2v) is 7.02. The highest BCUT2D eigenvalue weighted by Gasteiger charge is 2.19. The van der Waals surface area contributed by atoms with Gasteiger partial charge in [0.15, 0.2) is 0 Å². The number of nitrogens with zero attached hydrogens (tertiary/aromatic N) is 1. The van der Waals surface area contributed by atoms with Gasteiger partial charge in [0.1, 0.15) is 0 Å². The number of thioether (sulfide) groups is 1. The van der Waals surface area contributed by atoms with E-state index in [1.54, 1.807) is 17.4 Å². The lowest BCUT2D eigenvalue weighted by molar-refractivity contribution is -0.131. The van der Waals surface area contributed by atoms with E-state index in [9.17, 15) is 4.79 Å². The van der Waals surface area contributed by atoms with Crippen molar-refractivity contribution >= 4 is 35.1 Å². The van der Waals surface area contributed by atoms with Crippen LogP contribution >= 0.6 is 23.1 Å². The van der Waals surface area contributed by atoms with Crippen molar-refractivity contribution in [1.82, 2.24) is 4.90 Å². The van der Waals surface area contributed by atoms with Crippen LogP contribution in [0, 0.1) is 0 Å². The van der Waals surface area contributed by atoms with Gasteiger partial charge < -0.3 is 5.11 Å². The number of rotatable bonds is 5. The van der Waals surface area contributed by atoms with Crippen molar-refractivity contribution in [2.24, 2.45) is 0 Å². The predicted molar refractivity (Wildman–Crippen MR) is 82.8 cm³/mol. The summed E-state index contributed by atoms with van der Waals surface area (Å²) in [4.78, 5) is 14.3. The van der Waals surface area contributed by atoms with Crippen molar-refractivity contribution in [3.05, 3.63) is 28.0 Å². The minimum absolute atomic E-state index is 0.742. The van der Waals surface area contributed by atoms with Crippen LogP contribution in [0.25, 0.3) is 6.08 Å². The molecule has 0 spiro atoms. The third-order valence-electron chi connectivity index (χ3n) is 3.23. The fraction of sp³-hybridized carbons (Fsp3) is 0.500. The van der Waals surface area contributed by atoms with Gasteiger partial charge in [-0.15, -0.1) is 11.3 Å². The standard InChI is InChI=1S/C14H19NO2S2/c1-2-12-9-15(6-8-18-12)10-13-11(5-7-19-13)3-4-14(16)17/h3-5,7,12H,2,6,8-10H2,1H3,(H,16,17)/b4-3+. The molecule has 1 unspecified atom stereocenters. The molecular weight excluding hydrogens is 278 g/mol. The summed E-state index contributed by atoms with van der Waals surface area (Å²) in [6.07, 6.45) is 4.13. The van der Waals surface area contributed by atoms with Crippen LogP contribution in [0.15, 0.2) is 17.5 Å². The van der Waals surface area contributed by atoms with E-state index in [2.05, 4.69) is 23.6 Å². The van der Waals surface area contributed by atoms with Gasteiger partial charge in [0.25, 0.3) is 0 Å². The van der Waals surface area contributed by atoms with Gasteiger partial charge in [-0.05, 0) is 29.5 Å². The maximum Gasteiger partial charge on any atom is 0.328 e. The molecule has 0 amide bonds. The highest BCUT2D eigenvalue weighted by Crippen LogP contribution is 2.25. The Hall–Kier alpha value is -0.780. The molecule has 19 heavy (non-hydrogen) atoms. The minimum Gasteiger partial charge on any atom is -0.478 e. The topological polar surface area (TPSA) is 40.5 Å². The van der Waals surface area contributed by atoms with Crippen LogP contribution in [-0.2, 0) is 11.3 Å². The van der Waals surface area contributed by atoms with Crippen LogP contribution in [0.4, 0.5) is 0 Å². The molecule has 1 saturated heterocycles. The second kappa shape index (κ2) is 7.12. The Morgan fingerprint density at radius 3 is 3.21 bits per heavy atom. The maximum atomic E-state index is 10.6. The molecular formula is C14H19NO2S2. The third kappa shape index (κ3) is 4.37. The average molecular weight is 297 g/mol. The lowest BCUT2D eigenvalue weighted by Gasteiger charge is -2.31. The lowest BCUT2D eigenvalue weighted by atomic mass is 10.2. The average Bonchev–Trinajstić information content (AvgIpc) is 2.84. The molecule has 3 nitrogen and oxygen atoms in total. The Labute approximate surface area is 122 Å². The molecule has 1 aliphatic heterocycles. The van der Waals surface area contributed by atoms with E-state index in [0.717, 1.165) is 30.4 Å². The molecule has 0 radical (unpaired) electrons. The molecule has 104 valence electrons. The normalized spacial score (nSPS) is 21.0. The van der Waals surface area contributed by atoms with E-state index in [1.807, 2.05) is 11.4 Å². The first-order valence-electron chi connectivity index (χ1n) is 6.50. The monoisotopic (exact) mass is 297 g/mol. The number of thiophene rings is 1. The van der Waals surface area contributed by atoms with Crippen LogP contribution in [0.2, 0.25) is 0 Å². The number of carboxylic acids is 1. The van der Waals surface area contributed by atoms with Crippen molar-refractivity contribution in [3.63, 3.8) is 0 Å². The Balaban J connectivity index is 1.99. The molecule has 5 heteroatoms. The Kier molecular flexibility index (Phi) is 5.48. The van der Waals surface area contributed by atoms with Gasteiger partial charge in [-0.3, -0.25) is 4.90 Å². The van der Waals surface area contributed by atoms with Gasteiger partial charge in [-0.2, -0.15) is 11.8 Å². The Morgan fingerprint density at radius 2 is 2.47 bits per heavy atom. The quantitative estimate of drug-likeness (QED) is 0.848. The van der Waals surface area contributed by atoms with Crippen LogP contribution in [0.1, 0.15) is 23.8 Å². The van der Waals surface area contributed by atoms with Crippen molar-refractivity contribution in [3.8, 4) is 0 Å². The first-order chi connectivity index (χ1) is 9.19. The second-order valence-electron chi connectivity index (χ2n) is 4.61. The van der Waals surface area contributed by atoms with Gasteiger partial charge in [0, 0.05) is 41.6 Å². The van der Waals surface area contributed by atoms with E-state index in [-0.39, 0.29) is 0 Å². The van der Waals surface area contributed by atoms with Gasteiger partial charge in [-0.1, -0.05) is 6.92 Å². The minimum atomic E-state index is -0.891. The van der Waals surface area contributed by atoms with Gasteiger partial charge in [0.2, 0.25) is 0 Å². The molecule has 1 N–H and O–H groups in total. The molecule has 2 heterocycles. The highest BCUT2D eigenvalue weighted by molar-refractivity contribution is 8.00. The van der Waals surface area contributed by atoms with Crippen molar-refractivity contribution in [2.75, 3.05) is 18.8 Å². The van der Waals surface area contributed by atoms with E-state index in [1.165, 1.54) is 23.1 Å². The van der Waals surface area contributed by atoms with Crippen molar-refractivity contribution in [2.45, 2.75) is 25.1 Å². The summed E-state index contributed by atoms with van der Waals surface area (Å²) in [5.41, 5.74) is 1.04. The lowest BCUT2D eigenvalue weighted by Crippen LogP contribution is -2.36.